The molecule has 0 radical (unpaired) electrons. The molecule has 1 fully saturated rings. The molecule has 0 aliphatic carbocycles. The van der Waals surface area contributed by atoms with Crippen LogP contribution in [0.25, 0.3) is 11.4 Å². The molecule has 0 amide bonds. The van der Waals surface area contributed by atoms with Crippen LogP contribution in [0, 0.1) is 0 Å². The van der Waals surface area contributed by atoms with Gasteiger partial charge in [0.25, 0.3) is 0 Å². The number of hydrogen-bond donors (Lipinski definition) is 0. The fraction of sp³-hybridized carbons (Fsp3) is 0.500. The second-order valence-electron chi connectivity index (χ2n) is 7.20. The van der Waals surface area contributed by atoms with Gasteiger partial charge in [-0.05, 0) is 51.0 Å². The predicted octanol–water partition coefficient (Wildman–Crippen LogP) is 7.16. The van der Waals surface area contributed by atoms with Gasteiger partial charge in [-0.15, -0.1) is 0 Å². The molecule has 8 nitrogen and oxygen atoms in total. The van der Waals surface area contributed by atoms with Crippen LogP contribution >= 0.6 is 0 Å². The highest BCUT2D eigenvalue weighted by atomic mass is 16.5. The minimum Gasteiger partial charge on any atom is -0.493 e. The molecule has 1 aliphatic rings. The van der Waals surface area contributed by atoms with Crippen LogP contribution in [0.5, 0.6) is 11.5 Å². The number of morpholine rings is 1. The van der Waals surface area contributed by atoms with E-state index in [-0.39, 0.29) is 0 Å². The Morgan fingerprint density at radius 3 is 1.93 bits per heavy atom. The van der Waals surface area contributed by atoms with Crippen molar-refractivity contribution in [2.75, 3.05) is 45.4 Å². The summed E-state index contributed by atoms with van der Waals surface area (Å²) in [5, 5.41) is 0. The molecule has 0 bridgehead atoms. The number of carbonyl (C=O) groups excluding carboxylic acids is 2. The zero-order valence-electron chi connectivity index (χ0n) is 26.5. The number of hydrogen-bond acceptors (Lipinski definition) is 8. The van der Waals surface area contributed by atoms with Crippen LogP contribution in [0.2, 0.25) is 0 Å². The monoisotopic (exact) mass is 559 g/mol. The Balaban J connectivity index is -0.000000716. The smallest absolute Gasteiger partial charge is 0.161 e. The van der Waals surface area contributed by atoms with Gasteiger partial charge in [-0.1, -0.05) is 59.8 Å². The zero-order valence-corrected chi connectivity index (χ0v) is 26.5. The third kappa shape index (κ3) is 17.1. The van der Waals surface area contributed by atoms with Gasteiger partial charge in [-0.2, -0.15) is 0 Å². The summed E-state index contributed by atoms with van der Waals surface area (Å²) in [6.45, 7) is 21.3. The number of benzene rings is 1. The fourth-order valence-corrected chi connectivity index (χ4v) is 2.91. The molecule has 0 N–H and O–H groups in total. The lowest BCUT2D eigenvalue weighted by Crippen LogP contribution is -2.37. The van der Waals surface area contributed by atoms with Crippen molar-refractivity contribution < 1.29 is 23.8 Å². The first kappa shape index (κ1) is 41.0. The summed E-state index contributed by atoms with van der Waals surface area (Å²) in [5.41, 5.74) is 1.94. The van der Waals surface area contributed by atoms with Gasteiger partial charge in [0, 0.05) is 30.4 Å². The van der Waals surface area contributed by atoms with Gasteiger partial charge in [0.2, 0.25) is 0 Å². The Labute approximate surface area is 243 Å². The Morgan fingerprint density at radius 2 is 1.50 bits per heavy atom. The van der Waals surface area contributed by atoms with Crippen molar-refractivity contribution in [2.24, 2.45) is 0 Å². The van der Waals surface area contributed by atoms with E-state index in [1.165, 1.54) is 6.08 Å². The van der Waals surface area contributed by atoms with Gasteiger partial charge in [-0.3, -0.25) is 4.79 Å². The fourth-order valence-electron chi connectivity index (χ4n) is 2.91. The Kier molecular flexibility index (Phi) is 30.8. The van der Waals surface area contributed by atoms with Crippen LogP contribution in [0.1, 0.15) is 67.5 Å². The second kappa shape index (κ2) is 30.0. The van der Waals surface area contributed by atoms with Crippen molar-refractivity contribution in [2.45, 2.75) is 68.2 Å². The van der Waals surface area contributed by atoms with Crippen LogP contribution in [-0.2, 0) is 20.7 Å². The van der Waals surface area contributed by atoms with Crippen LogP contribution in [0.3, 0.4) is 0 Å². The lowest BCUT2D eigenvalue weighted by atomic mass is 10.1. The summed E-state index contributed by atoms with van der Waals surface area (Å²) in [7, 11) is 3.26. The number of anilines is 1. The minimum atomic E-state index is 0.674. The highest BCUT2D eigenvalue weighted by Crippen LogP contribution is 2.31. The first-order chi connectivity index (χ1) is 19.6. The van der Waals surface area contributed by atoms with E-state index >= 15 is 0 Å². The largest absolute Gasteiger partial charge is 0.493 e. The topological polar surface area (TPSA) is 90.9 Å². The zero-order chi connectivity index (χ0) is 31.2. The SMILES string of the molecule is C/C=C\C.C=O.CC.CC.CC/C=C/C=O.CCc1cc(N2CCOCC2)nc(-c2ccc(OC)c(OC)c2)n1. The molecular weight excluding hydrogens is 506 g/mol. The average Bonchev–Trinajstić information content (AvgIpc) is 3.06. The Hall–Kier alpha value is -3.52. The van der Waals surface area contributed by atoms with Crippen molar-refractivity contribution in [1.29, 1.82) is 0 Å². The highest BCUT2D eigenvalue weighted by molar-refractivity contribution is 5.64. The van der Waals surface area contributed by atoms with Crippen LogP contribution < -0.4 is 14.4 Å². The molecule has 0 saturated carbocycles. The highest BCUT2D eigenvalue weighted by Gasteiger charge is 2.16. The Bertz CT molecular complexity index is 923. The van der Waals surface area contributed by atoms with Crippen LogP contribution in [0.4, 0.5) is 5.82 Å². The van der Waals surface area contributed by atoms with Gasteiger partial charge in [0.15, 0.2) is 17.3 Å². The molecule has 226 valence electrons. The molecule has 8 heteroatoms. The van der Waals surface area contributed by atoms with Crippen molar-refractivity contribution >= 4 is 18.9 Å². The van der Waals surface area contributed by atoms with Gasteiger partial charge in [0.1, 0.15) is 18.9 Å². The molecule has 0 unspecified atom stereocenters. The number of carbonyl (C=O) groups is 2. The third-order valence-corrected chi connectivity index (χ3v) is 4.89. The standard InChI is InChI=1S/C18H23N3O3.C5H8O.C4H8.2C2H6.CH2O/c1-4-14-12-17(21-7-9-24-10-8-21)20-18(19-14)13-5-6-15(22-2)16(11-13)23-3;1-2-3-4-5-6;1-3-4-2;3*1-2/h5-6,11-12H,4,7-10H2,1-3H3;3-5H,2H2,1H3;3-4H,1-2H3;2*1-2H3;1H2/b;4-3+;4-3-;;;. The summed E-state index contributed by atoms with van der Waals surface area (Å²) < 4.78 is 16.1. The molecule has 0 spiro atoms. The van der Waals surface area contributed by atoms with Crippen molar-refractivity contribution in [3.05, 3.63) is 54.3 Å². The summed E-state index contributed by atoms with van der Waals surface area (Å²) in [4.78, 5) is 29.2. The van der Waals surface area contributed by atoms with Crippen molar-refractivity contribution in [3.8, 4) is 22.9 Å². The van der Waals surface area contributed by atoms with E-state index in [1.807, 2.05) is 91.7 Å². The van der Waals surface area contributed by atoms with Crippen molar-refractivity contribution in [1.82, 2.24) is 9.97 Å². The molecule has 3 rings (SSSR count). The van der Waals surface area contributed by atoms with E-state index in [0.29, 0.717) is 17.3 Å². The van der Waals surface area contributed by atoms with E-state index in [9.17, 15) is 4.79 Å². The second-order valence-corrected chi connectivity index (χ2v) is 7.20. The first-order valence-corrected chi connectivity index (χ1v) is 14.0. The predicted molar refractivity (Wildman–Crippen MR) is 169 cm³/mol. The van der Waals surface area contributed by atoms with Gasteiger partial charge in [0.05, 0.1) is 27.4 Å². The molecule has 1 saturated heterocycles. The number of rotatable bonds is 7. The number of aryl methyl sites for hydroxylation is 1. The molecule has 1 aromatic heterocycles. The molecule has 1 aliphatic heterocycles. The number of ether oxygens (including phenoxy) is 3. The molecule has 40 heavy (non-hydrogen) atoms. The van der Waals surface area contributed by atoms with E-state index in [2.05, 4.69) is 22.9 Å². The molecule has 1 aromatic carbocycles. The number of aromatic nitrogens is 2. The third-order valence-electron chi connectivity index (χ3n) is 4.89. The number of allylic oxidation sites excluding steroid dienone is 4. The summed E-state index contributed by atoms with van der Waals surface area (Å²) in [6, 6.07) is 7.82. The van der Waals surface area contributed by atoms with E-state index < -0.39 is 0 Å². The molecule has 0 atom stereocenters. The van der Waals surface area contributed by atoms with Crippen molar-refractivity contribution in [3.63, 3.8) is 0 Å². The first-order valence-electron chi connectivity index (χ1n) is 14.0. The number of nitrogens with zero attached hydrogens (tertiary/aromatic N) is 3. The van der Waals surface area contributed by atoms with Gasteiger partial charge < -0.3 is 23.9 Å². The maximum absolute atomic E-state index is 9.48. The summed E-state index contributed by atoms with van der Waals surface area (Å²) >= 11 is 0. The number of aldehydes is 1. The maximum atomic E-state index is 9.48. The Morgan fingerprint density at radius 1 is 0.925 bits per heavy atom. The quantitative estimate of drug-likeness (QED) is 0.200. The normalized spacial score (nSPS) is 11.5. The summed E-state index contributed by atoms with van der Waals surface area (Å²) in [5.74, 6) is 3.03. The average molecular weight is 560 g/mol. The van der Waals surface area contributed by atoms with E-state index in [1.54, 1.807) is 14.2 Å². The van der Waals surface area contributed by atoms with Crippen LogP contribution in [-0.4, -0.2) is 63.6 Å². The number of methoxy groups -OCH3 is 2. The molecule has 2 heterocycles. The molecular formula is C32H53N3O5. The maximum Gasteiger partial charge on any atom is 0.161 e. The van der Waals surface area contributed by atoms with Gasteiger partial charge >= 0.3 is 0 Å². The molecule has 2 aromatic rings. The minimum absolute atomic E-state index is 0.674. The van der Waals surface area contributed by atoms with Gasteiger partial charge in [-0.25, -0.2) is 9.97 Å². The lowest BCUT2D eigenvalue weighted by molar-refractivity contribution is -0.104. The van der Waals surface area contributed by atoms with Crippen LogP contribution in [0.15, 0.2) is 48.6 Å². The van der Waals surface area contributed by atoms with E-state index in [0.717, 1.165) is 62.5 Å². The van der Waals surface area contributed by atoms with E-state index in [4.69, 9.17) is 24.0 Å². The summed E-state index contributed by atoms with van der Waals surface area (Å²) in [6.07, 6.45) is 9.90. The lowest BCUT2D eigenvalue weighted by Gasteiger charge is -2.28.